The van der Waals surface area contributed by atoms with Crippen LogP contribution >= 0.6 is 0 Å². The quantitative estimate of drug-likeness (QED) is 0.565. The van der Waals surface area contributed by atoms with Gasteiger partial charge in [0.2, 0.25) is 0 Å². The van der Waals surface area contributed by atoms with Crippen LogP contribution in [0.2, 0.25) is 0 Å². The van der Waals surface area contributed by atoms with Gasteiger partial charge in [-0.1, -0.05) is 57.0 Å². The first-order valence-electron chi connectivity index (χ1n) is 9.51. The van der Waals surface area contributed by atoms with E-state index in [2.05, 4.69) is 33.8 Å². The molecule has 0 unspecified atom stereocenters. The first-order valence-corrected chi connectivity index (χ1v) is 9.51. The molecule has 136 valence electrons. The predicted octanol–water partition coefficient (Wildman–Crippen LogP) is 4.88. The summed E-state index contributed by atoms with van der Waals surface area (Å²) in [5.41, 5.74) is 1.92. The molecule has 2 aliphatic rings. The molecule has 0 N–H and O–H groups in total. The topological polar surface area (TPSA) is 35.5 Å². The molecule has 0 aromatic heterocycles. The van der Waals surface area contributed by atoms with Crippen LogP contribution in [0.25, 0.3) is 0 Å². The fourth-order valence-electron chi connectivity index (χ4n) is 4.79. The Morgan fingerprint density at radius 3 is 2.68 bits per heavy atom. The highest BCUT2D eigenvalue weighted by Gasteiger charge is 2.53. The van der Waals surface area contributed by atoms with E-state index >= 15 is 0 Å². The van der Waals surface area contributed by atoms with Crippen molar-refractivity contribution in [2.45, 2.75) is 46.6 Å². The molecule has 0 amide bonds. The largest absolute Gasteiger partial charge is 0.461 e. The molecule has 1 saturated heterocycles. The third-order valence-electron chi connectivity index (χ3n) is 6.41. The molecule has 1 heterocycles. The van der Waals surface area contributed by atoms with Gasteiger partial charge in [-0.2, -0.15) is 0 Å². The van der Waals surface area contributed by atoms with Crippen molar-refractivity contribution in [3.05, 3.63) is 47.5 Å². The van der Waals surface area contributed by atoms with Crippen molar-refractivity contribution < 1.29 is 14.3 Å². The lowest BCUT2D eigenvalue weighted by Gasteiger charge is -2.55. The van der Waals surface area contributed by atoms with E-state index in [0.717, 1.165) is 12.8 Å². The molecule has 1 aliphatic carbocycles. The number of benzene rings is 1. The Bertz CT molecular complexity index is 636. The first kappa shape index (κ1) is 18.2. The number of ether oxygens (including phenoxy) is 2. The summed E-state index contributed by atoms with van der Waals surface area (Å²) in [6, 6.07) is 9.23. The summed E-state index contributed by atoms with van der Waals surface area (Å²) in [6.45, 7) is 10.1. The van der Waals surface area contributed by atoms with Gasteiger partial charge in [-0.15, -0.1) is 0 Å². The third kappa shape index (κ3) is 3.27. The number of hydrogen-bond acceptors (Lipinski definition) is 3. The van der Waals surface area contributed by atoms with Crippen LogP contribution in [0, 0.1) is 23.2 Å². The molecule has 25 heavy (non-hydrogen) atoms. The number of fused-ring (bicyclic) bond motifs is 2. The molecule has 1 aliphatic heterocycles. The average Bonchev–Trinajstić information content (AvgIpc) is 2.61. The number of rotatable bonds is 5. The Morgan fingerprint density at radius 2 is 2.00 bits per heavy atom. The molecule has 2 bridgehead atoms. The van der Waals surface area contributed by atoms with Gasteiger partial charge < -0.3 is 9.47 Å². The van der Waals surface area contributed by atoms with Gasteiger partial charge in [-0.3, -0.25) is 0 Å². The van der Waals surface area contributed by atoms with Gasteiger partial charge in [0.05, 0.1) is 18.3 Å². The summed E-state index contributed by atoms with van der Waals surface area (Å²) in [5.74, 6) is 0.972. The van der Waals surface area contributed by atoms with Crippen molar-refractivity contribution >= 4 is 5.97 Å². The highest BCUT2D eigenvalue weighted by Crippen LogP contribution is 2.53. The standard InChI is InChI=1S/C22H30O3/c1-5-9-19-20-15(2)12-16(3)22(13-24-19,17(20)4)14-25-21(23)18-10-7-6-8-11-18/h6-8,10-12,16-17,19-20H,5,9,13-14H2,1-4H3/t16-,17-,19-,20-,22+/m0/s1. The van der Waals surface area contributed by atoms with Crippen molar-refractivity contribution in [3.63, 3.8) is 0 Å². The fourth-order valence-corrected chi connectivity index (χ4v) is 4.79. The number of carbonyl (C=O) groups is 1. The molecule has 3 nitrogen and oxygen atoms in total. The molecule has 0 spiro atoms. The van der Waals surface area contributed by atoms with Crippen LogP contribution in [0.4, 0.5) is 0 Å². The van der Waals surface area contributed by atoms with Crippen LogP contribution in [0.5, 0.6) is 0 Å². The first-order chi connectivity index (χ1) is 12.0. The minimum atomic E-state index is -0.243. The highest BCUT2D eigenvalue weighted by atomic mass is 16.5. The Labute approximate surface area is 151 Å². The van der Waals surface area contributed by atoms with Crippen molar-refractivity contribution in [3.8, 4) is 0 Å². The SMILES string of the molecule is CCC[C@@H]1OC[C@@]2(COC(=O)c3ccccc3)[C@@H](C)C=C(C)[C@H]1[C@@H]2C. The molecule has 0 radical (unpaired) electrons. The van der Waals surface area contributed by atoms with Gasteiger partial charge in [0.15, 0.2) is 0 Å². The van der Waals surface area contributed by atoms with Crippen LogP contribution in [0.1, 0.15) is 50.9 Å². The van der Waals surface area contributed by atoms with Crippen molar-refractivity contribution in [1.82, 2.24) is 0 Å². The predicted molar refractivity (Wildman–Crippen MR) is 99.4 cm³/mol. The second kappa shape index (κ2) is 7.33. The second-order valence-corrected chi connectivity index (χ2v) is 7.83. The van der Waals surface area contributed by atoms with Crippen molar-refractivity contribution in [2.75, 3.05) is 13.2 Å². The van der Waals surface area contributed by atoms with E-state index in [1.807, 2.05) is 18.2 Å². The monoisotopic (exact) mass is 342 g/mol. The van der Waals surface area contributed by atoms with Crippen LogP contribution in [-0.4, -0.2) is 25.3 Å². The summed E-state index contributed by atoms with van der Waals surface area (Å²) in [6.07, 6.45) is 4.90. The smallest absolute Gasteiger partial charge is 0.338 e. The van der Waals surface area contributed by atoms with E-state index in [0.29, 0.717) is 42.6 Å². The van der Waals surface area contributed by atoms with Crippen molar-refractivity contribution in [2.24, 2.45) is 23.2 Å². The molecule has 0 saturated carbocycles. The molecular weight excluding hydrogens is 312 g/mol. The zero-order chi connectivity index (χ0) is 18.0. The van der Waals surface area contributed by atoms with E-state index in [-0.39, 0.29) is 11.4 Å². The number of esters is 1. The Kier molecular flexibility index (Phi) is 5.33. The van der Waals surface area contributed by atoms with Crippen LogP contribution in [0.15, 0.2) is 42.0 Å². The maximum absolute atomic E-state index is 12.4. The summed E-state index contributed by atoms with van der Waals surface area (Å²) < 4.78 is 12.1. The van der Waals surface area contributed by atoms with E-state index < -0.39 is 0 Å². The van der Waals surface area contributed by atoms with E-state index in [1.54, 1.807) is 12.1 Å². The lowest BCUT2D eigenvalue weighted by molar-refractivity contribution is -0.165. The lowest BCUT2D eigenvalue weighted by Crippen LogP contribution is -2.56. The zero-order valence-electron chi connectivity index (χ0n) is 15.8. The minimum Gasteiger partial charge on any atom is -0.461 e. The Hall–Kier alpha value is -1.61. The summed E-state index contributed by atoms with van der Waals surface area (Å²) in [7, 11) is 0. The number of allylic oxidation sites excluding steroid dienone is 1. The Balaban J connectivity index is 1.79. The van der Waals surface area contributed by atoms with Gasteiger partial charge in [0.25, 0.3) is 0 Å². The summed E-state index contributed by atoms with van der Waals surface area (Å²) >= 11 is 0. The van der Waals surface area contributed by atoms with Gasteiger partial charge in [0, 0.05) is 11.3 Å². The average molecular weight is 342 g/mol. The molecular formula is C22H30O3. The molecule has 3 rings (SSSR count). The zero-order valence-corrected chi connectivity index (χ0v) is 15.8. The fraction of sp³-hybridized carbons (Fsp3) is 0.591. The van der Waals surface area contributed by atoms with Gasteiger partial charge in [-0.05, 0) is 37.3 Å². The third-order valence-corrected chi connectivity index (χ3v) is 6.41. The van der Waals surface area contributed by atoms with Gasteiger partial charge in [0.1, 0.15) is 6.61 Å². The second-order valence-electron chi connectivity index (χ2n) is 7.83. The molecule has 1 aromatic rings. The molecule has 5 atom stereocenters. The maximum Gasteiger partial charge on any atom is 0.338 e. The lowest BCUT2D eigenvalue weighted by atomic mass is 9.56. The van der Waals surface area contributed by atoms with Crippen LogP contribution in [0.3, 0.4) is 0 Å². The van der Waals surface area contributed by atoms with E-state index in [1.165, 1.54) is 5.57 Å². The van der Waals surface area contributed by atoms with Crippen LogP contribution < -0.4 is 0 Å². The maximum atomic E-state index is 12.4. The molecule has 1 aromatic carbocycles. The molecule has 3 heteroatoms. The molecule has 1 fully saturated rings. The summed E-state index contributed by atoms with van der Waals surface area (Å²) in [5, 5.41) is 0. The van der Waals surface area contributed by atoms with Gasteiger partial charge >= 0.3 is 5.97 Å². The van der Waals surface area contributed by atoms with E-state index in [9.17, 15) is 4.79 Å². The van der Waals surface area contributed by atoms with Crippen molar-refractivity contribution in [1.29, 1.82) is 0 Å². The van der Waals surface area contributed by atoms with Gasteiger partial charge in [-0.25, -0.2) is 4.79 Å². The van der Waals surface area contributed by atoms with Crippen LogP contribution in [-0.2, 0) is 9.47 Å². The highest BCUT2D eigenvalue weighted by molar-refractivity contribution is 5.89. The normalized spacial score (nSPS) is 34.3. The number of carbonyl (C=O) groups excluding carboxylic acids is 1. The summed E-state index contributed by atoms with van der Waals surface area (Å²) in [4.78, 5) is 12.4. The Morgan fingerprint density at radius 1 is 1.28 bits per heavy atom. The minimum absolute atomic E-state index is 0.126. The van der Waals surface area contributed by atoms with E-state index in [4.69, 9.17) is 9.47 Å². The number of hydrogen-bond donors (Lipinski definition) is 0.